The summed E-state index contributed by atoms with van der Waals surface area (Å²) in [7, 11) is 0. The smallest absolute Gasteiger partial charge is 0.244 e. The molecule has 0 spiro atoms. The van der Waals surface area contributed by atoms with Crippen LogP contribution in [-0.2, 0) is 14.4 Å². The Kier molecular flexibility index (Phi) is 5.05. The van der Waals surface area contributed by atoms with E-state index in [0.717, 1.165) is 9.37 Å². The molecule has 1 aliphatic heterocycles. The largest absolute Gasteiger partial charge is 0.325 e. The van der Waals surface area contributed by atoms with E-state index in [0.29, 0.717) is 5.69 Å². The number of hydrogen-bond acceptors (Lipinski definition) is 4. The first-order chi connectivity index (χ1) is 9.88. The van der Waals surface area contributed by atoms with Crippen LogP contribution in [0.4, 0.5) is 5.69 Å². The van der Waals surface area contributed by atoms with Crippen molar-refractivity contribution >= 4 is 51.1 Å². The first-order valence-electron chi connectivity index (χ1n) is 6.44. The molecule has 3 amide bonds. The van der Waals surface area contributed by atoms with E-state index in [-0.39, 0.29) is 34.8 Å². The number of halogens is 1. The van der Waals surface area contributed by atoms with Crippen LogP contribution in [0.25, 0.3) is 0 Å². The third-order valence-electron chi connectivity index (χ3n) is 3.07. The lowest BCUT2D eigenvalue weighted by atomic mass is 10.3. The van der Waals surface area contributed by atoms with Gasteiger partial charge in [-0.1, -0.05) is 15.9 Å². The van der Waals surface area contributed by atoms with Gasteiger partial charge in [0.15, 0.2) is 0 Å². The van der Waals surface area contributed by atoms with Gasteiger partial charge in [0.25, 0.3) is 0 Å². The Morgan fingerprint density at radius 3 is 2.24 bits per heavy atom. The molecule has 7 heteroatoms. The number of benzene rings is 1. The molecule has 0 radical (unpaired) electrons. The van der Waals surface area contributed by atoms with Crippen molar-refractivity contribution < 1.29 is 14.4 Å². The highest BCUT2D eigenvalue weighted by Crippen LogP contribution is 2.26. The van der Waals surface area contributed by atoms with Gasteiger partial charge in [-0.15, -0.1) is 11.8 Å². The fraction of sp³-hybridized carbons (Fsp3) is 0.357. The third kappa shape index (κ3) is 3.85. The summed E-state index contributed by atoms with van der Waals surface area (Å²) in [5.74, 6) is -1.01. The second-order valence-electron chi connectivity index (χ2n) is 4.74. The van der Waals surface area contributed by atoms with E-state index in [1.165, 1.54) is 11.8 Å². The molecule has 1 N–H and O–H groups in total. The normalized spacial score (nSPS) is 22.3. The molecule has 0 aliphatic carbocycles. The highest BCUT2D eigenvalue weighted by atomic mass is 79.9. The molecule has 1 saturated heterocycles. The first kappa shape index (κ1) is 16.0. The summed E-state index contributed by atoms with van der Waals surface area (Å²) in [5.41, 5.74) is 0.621. The first-order valence-corrected chi connectivity index (χ1v) is 8.18. The molecule has 1 aromatic rings. The fourth-order valence-corrected chi connectivity index (χ4v) is 3.37. The summed E-state index contributed by atoms with van der Waals surface area (Å²) in [6.07, 6.45) is 0. The summed E-state index contributed by atoms with van der Waals surface area (Å²) in [4.78, 5) is 37.1. The Bertz CT molecular complexity index is 556. The number of amides is 3. The maximum Gasteiger partial charge on any atom is 0.244 e. The summed E-state index contributed by atoms with van der Waals surface area (Å²) >= 11 is 4.62. The van der Waals surface area contributed by atoms with Gasteiger partial charge in [0.2, 0.25) is 17.7 Å². The van der Waals surface area contributed by atoms with E-state index < -0.39 is 0 Å². The van der Waals surface area contributed by atoms with E-state index in [4.69, 9.17) is 0 Å². The zero-order chi connectivity index (χ0) is 15.6. The molecule has 21 heavy (non-hydrogen) atoms. The summed E-state index contributed by atoms with van der Waals surface area (Å²) in [6, 6.07) is 7.08. The molecule has 1 fully saturated rings. The van der Waals surface area contributed by atoms with Gasteiger partial charge in [0.1, 0.15) is 6.54 Å². The Balaban J connectivity index is 2.02. The Labute approximate surface area is 135 Å². The average Bonchev–Trinajstić information content (AvgIpc) is 2.44. The second kappa shape index (κ2) is 6.62. The van der Waals surface area contributed by atoms with Crippen molar-refractivity contribution in [1.29, 1.82) is 0 Å². The van der Waals surface area contributed by atoms with Crippen LogP contribution < -0.4 is 5.32 Å². The van der Waals surface area contributed by atoms with Gasteiger partial charge in [0, 0.05) is 10.2 Å². The van der Waals surface area contributed by atoms with Crippen LogP contribution in [-0.4, -0.2) is 39.7 Å². The van der Waals surface area contributed by atoms with Crippen molar-refractivity contribution in [3.05, 3.63) is 28.7 Å². The lowest BCUT2D eigenvalue weighted by Gasteiger charge is -2.31. The van der Waals surface area contributed by atoms with Crippen LogP contribution in [0.2, 0.25) is 0 Å². The van der Waals surface area contributed by atoms with Gasteiger partial charge >= 0.3 is 0 Å². The van der Waals surface area contributed by atoms with Crippen molar-refractivity contribution in [1.82, 2.24) is 4.90 Å². The summed E-state index contributed by atoms with van der Waals surface area (Å²) < 4.78 is 0.904. The predicted octanol–water partition coefficient (Wildman–Crippen LogP) is 2.27. The standard InChI is InChI=1S/C14H15BrN2O3S/c1-8-13(19)17(14(20)9(2)21-8)7-12(18)16-11-5-3-10(15)4-6-11/h3-6,8-9H,7H2,1-2H3,(H,16,18). The highest BCUT2D eigenvalue weighted by Gasteiger charge is 2.37. The minimum Gasteiger partial charge on any atom is -0.325 e. The minimum absolute atomic E-state index is 0.247. The molecule has 2 rings (SSSR count). The lowest BCUT2D eigenvalue weighted by molar-refractivity contribution is -0.147. The Morgan fingerprint density at radius 2 is 1.71 bits per heavy atom. The van der Waals surface area contributed by atoms with E-state index >= 15 is 0 Å². The lowest BCUT2D eigenvalue weighted by Crippen LogP contribution is -2.52. The molecular weight excluding hydrogens is 356 g/mol. The van der Waals surface area contributed by atoms with E-state index in [9.17, 15) is 14.4 Å². The fourth-order valence-electron chi connectivity index (χ4n) is 2.00. The molecule has 1 aliphatic rings. The van der Waals surface area contributed by atoms with Crippen LogP contribution in [0.1, 0.15) is 13.8 Å². The number of nitrogens with one attached hydrogen (secondary N) is 1. The van der Waals surface area contributed by atoms with Gasteiger partial charge in [-0.2, -0.15) is 0 Å². The van der Waals surface area contributed by atoms with Gasteiger partial charge in [-0.3, -0.25) is 19.3 Å². The molecule has 0 bridgehead atoms. The van der Waals surface area contributed by atoms with Crippen LogP contribution in [0, 0.1) is 0 Å². The topological polar surface area (TPSA) is 66.5 Å². The minimum atomic E-state index is -0.384. The summed E-state index contributed by atoms with van der Waals surface area (Å²) in [6.45, 7) is 3.24. The van der Waals surface area contributed by atoms with Crippen molar-refractivity contribution in [3.8, 4) is 0 Å². The average molecular weight is 371 g/mol. The number of thioether (sulfide) groups is 1. The van der Waals surface area contributed by atoms with Gasteiger partial charge in [-0.25, -0.2) is 0 Å². The van der Waals surface area contributed by atoms with Gasteiger partial charge in [0.05, 0.1) is 10.5 Å². The quantitative estimate of drug-likeness (QED) is 0.828. The van der Waals surface area contributed by atoms with Crippen LogP contribution in [0.5, 0.6) is 0 Å². The maximum atomic E-state index is 12.0. The number of anilines is 1. The number of carbonyl (C=O) groups is 3. The van der Waals surface area contributed by atoms with Crippen molar-refractivity contribution in [2.24, 2.45) is 0 Å². The highest BCUT2D eigenvalue weighted by molar-refractivity contribution is 9.10. The van der Waals surface area contributed by atoms with Crippen molar-refractivity contribution in [2.45, 2.75) is 24.3 Å². The molecule has 1 aromatic carbocycles. The molecule has 0 saturated carbocycles. The van der Waals surface area contributed by atoms with Crippen LogP contribution in [0.3, 0.4) is 0 Å². The zero-order valence-corrected chi connectivity index (χ0v) is 14.0. The van der Waals surface area contributed by atoms with Crippen molar-refractivity contribution in [2.75, 3.05) is 11.9 Å². The van der Waals surface area contributed by atoms with Crippen LogP contribution in [0.15, 0.2) is 28.7 Å². The summed E-state index contributed by atoms with van der Waals surface area (Å²) in [5, 5.41) is 2.06. The number of nitrogens with zero attached hydrogens (tertiary/aromatic N) is 1. The number of imide groups is 1. The molecule has 2 unspecified atom stereocenters. The van der Waals surface area contributed by atoms with E-state index in [1.54, 1.807) is 38.1 Å². The molecule has 0 aromatic heterocycles. The monoisotopic (exact) mass is 370 g/mol. The molecule has 1 heterocycles. The Morgan fingerprint density at radius 1 is 1.19 bits per heavy atom. The predicted molar refractivity (Wildman–Crippen MR) is 86.0 cm³/mol. The Hall–Kier alpha value is -1.34. The van der Waals surface area contributed by atoms with E-state index in [1.807, 2.05) is 0 Å². The van der Waals surface area contributed by atoms with Gasteiger partial charge in [-0.05, 0) is 38.1 Å². The zero-order valence-electron chi connectivity index (χ0n) is 11.6. The molecule has 112 valence electrons. The van der Waals surface area contributed by atoms with E-state index in [2.05, 4.69) is 21.2 Å². The number of hydrogen-bond donors (Lipinski definition) is 1. The molecule has 2 atom stereocenters. The second-order valence-corrected chi connectivity index (χ2v) is 7.34. The third-order valence-corrected chi connectivity index (χ3v) is 4.81. The van der Waals surface area contributed by atoms with Gasteiger partial charge < -0.3 is 5.32 Å². The number of rotatable bonds is 3. The van der Waals surface area contributed by atoms with Crippen molar-refractivity contribution in [3.63, 3.8) is 0 Å². The maximum absolute atomic E-state index is 12.0. The number of carbonyl (C=O) groups excluding carboxylic acids is 3. The molecular formula is C14H15BrN2O3S. The van der Waals surface area contributed by atoms with Crippen LogP contribution >= 0.6 is 27.7 Å². The molecule has 5 nitrogen and oxygen atoms in total. The SMILES string of the molecule is CC1SC(C)C(=O)N(CC(=O)Nc2ccc(Br)cc2)C1=O.